The molecule has 0 spiro atoms. The number of ketones is 2. The lowest BCUT2D eigenvalue weighted by molar-refractivity contribution is 0.0962. The molecule has 0 bridgehead atoms. The molecule has 1 aromatic rings. The Morgan fingerprint density at radius 3 is 2.55 bits per heavy atom. The Kier molecular flexibility index (Phi) is 3.02. The Hall–Kier alpha value is -2.69. The van der Waals surface area contributed by atoms with Gasteiger partial charge in [0.25, 0.3) is 5.56 Å². The second-order valence-electron chi connectivity index (χ2n) is 5.53. The number of Topliss-reactive ketones (excluding diaryl/α,β-unsaturated/α-hetero) is 2. The average molecular weight is 296 g/mol. The predicted molar refractivity (Wildman–Crippen MR) is 82.8 cm³/mol. The number of fused-ring (bicyclic) bond motifs is 1. The number of rotatable bonds is 1. The van der Waals surface area contributed by atoms with Crippen molar-refractivity contribution in [2.45, 2.75) is 20.3 Å². The molecule has 22 heavy (non-hydrogen) atoms. The monoisotopic (exact) mass is 296 g/mol. The number of aromatic nitrogens is 1. The van der Waals surface area contributed by atoms with Crippen molar-refractivity contribution in [1.82, 2.24) is 9.88 Å². The Bertz CT molecular complexity index is 882. The van der Waals surface area contributed by atoms with Crippen molar-refractivity contribution in [1.29, 1.82) is 0 Å². The number of aryl methyl sites for hydroxylation is 1. The van der Waals surface area contributed by atoms with Crippen LogP contribution in [0.3, 0.4) is 0 Å². The number of pyridine rings is 1. The summed E-state index contributed by atoms with van der Waals surface area (Å²) in [4.78, 5) is 37.7. The minimum Gasteiger partial charge on any atom is -0.352 e. The fraction of sp³-hybridized carbons (Fsp3) is 0.235. The minimum absolute atomic E-state index is 0.145. The quantitative estimate of drug-likeness (QED) is 0.857. The maximum atomic E-state index is 12.9. The highest BCUT2D eigenvalue weighted by atomic mass is 16.1. The molecule has 0 fully saturated rings. The summed E-state index contributed by atoms with van der Waals surface area (Å²) < 4.78 is 1.24. The van der Waals surface area contributed by atoms with Gasteiger partial charge in [0.15, 0.2) is 5.78 Å². The van der Waals surface area contributed by atoms with Gasteiger partial charge >= 0.3 is 0 Å². The molecule has 1 aliphatic carbocycles. The van der Waals surface area contributed by atoms with Crippen LogP contribution in [0.4, 0.5) is 0 Å². The molecule has 1 aromatic heterocycles. The van der Waals surface area contributed by atoms with E-state index in [-0.39, 0.29) is 28.5 Å². The van der Waals surface area contributed by atoms with Crippen LogP contribution < -0.4 is 10.9 Å². The van der Waals surface area contributed by atoms with Gasteiger partial charge in [0, 0.05) is 18.8 Å². The first-order valence-corrected chi connectivity index (χ1v) is 7.08. The van der Waals surface area contributed by atoms with E-state index in [2.05, 4.69) is 11.9 Å². The standard InChI is InChI=1S/C17H16N2O3/c1-5-10-7-9(3)18-14-13(10)16(21)12-8(2)6-11(20)19(4)15(12)17(14)22/h6-7,18H,3,5H2,1-2,4H3. The van der Waals surface area contributed by atoms with Crippen molar-refractivity contribution >= 4 is 11.6 Å². The molecular weight excluding hydrogens is 280 g/mol. The lowest BCUT2D eigenvalue weighted by Crippen LogP contribution is -2.38. The van der Waals surface area contributed by atoms with Crippen molar-refractivity contribution in [2.75, 3.05) is 0 Å². The van der Waals surface area contributed by atoms with Gasteiger partial charge in [-0.05, 0) is 30.6 Å². The SMILES string of the molecule is C=C1C=C(CC)C2=C(N1)C(=O)c1c(c(C)cc(=O)n1C)C2=O. The molecule has 1 N–H and O–H groups in total. The van der Waals surface area contributed by atoms with E-state index in [1.54, 1.807) is 13.0 Å². The van der Waals surface area contributed by atoms with Crippen LogP contribution in [0.5, 0.6) is 0 Å². The zero-order valence-electron chi connectivity index (χ0n) is 12.7. The summed E-state index contributed by atoms with van der Waals surface area (Å²) in [6.07, 6.45) is 2.41. The summed E-state index contributed by atoms with van der Waals surface area (Å²) in [5, 5.41) is 2.89. The summed E-state index contributed by atoms with van der Waals surface area (Å²) in [5.74, 6) is -0.557. The zero-order chi connectivity index (χ0) is 16.2. The third kappa shape index (κ3) is 1.75. The maximum Gasteiger partial charge on any atom is 0.251 e. The van der Waals surface area contributed by atoms with Gasteiger partial charge in [-0.15, -0.1) is 0 Å². The number of hydrogen-bond acceptors (Lipinski definition) is 4. The van der Waals surface area contributed by atoms with E-state index < -0.39 is 0 Å². The fourth-order valence-electron chi connectivity index (χ4n) is 3.03. The molecule has 5 heteroatoms. The summed E-state index contributed by atoms with van der Waals surface area (Å²) in [6.45, 7) is 7.43. The van der Waals surface area contributed by atoms with E-state index in [1.807, 2.05) is 6.92 Å². The van der Waals surface area contributed by atoms with E-state index in [1.165, 1.54) is 17.7 Å². The van der Waals surface area contributed by atoms with Crippen LogP contribution in [0.2, 0.25) is 0 Å². The zero-order valence-corrected chi connectivity index (χ0v) is 12.7. The van der Waals surface area contributed by atoms with E-state index in [0.29, 0.717) is 28.8 Å². The van der Waals surface area contributed by atoms with Gasteiger partial charge in [-0.1, -0.05) is 13.5 Å². The van der Waals surface area contributed by atoms with Crippen LogP contribution >= 0.6 is 0 Å². The Labute approximate surface area is 127 Å². The first-order valence-electron chi connectivity index (χ1n) is 7.08. The second-order valence-corrected chi connectivity index (χ2v) is 5.53. The Morgan fingerprint density at radius 2 is 1.91 bits per heavy atom. The molecule has 5 nitrogen and oxygen atoms in total. The third-order valence-electron chi connectivity index (χ3n) is 4.12. The van der Waals surface area contributed by atoms with E-state index in [0.717, 1.165) is 5.57 Å². The first-order chi connectivity index (χ1) is 10.4. The number of nitrogens with zero attached hydrogens (tertiary/aromatic N) is 1. The van der Waals surface area contributed by atoms with E-state index in [4.69, 9.17) is 0 Å². The normalized spacial score (nSPS) is 17.0. The Balaban J connectivity index is 2.37. The molecule has 2 aliphatic rings. The number of dihydropyridines is 1. The van der Waals surface area contributed by atoms with Gasteiger partial charge in [0.2, 0.25) is 5.78 Å². The minimum atomic E-state index is -0.340. The van der Waals surface area contributed by atoms with E-state index >= 15 is 0 Å². The van der Waals surface area contributed by atoms with Crippen LogP contribution in [0.15, 0.2) is 46.1 Å². The van der Waals surface area contributed by atoms with Gasteiger partial charge in [-0.3, -0.25) is 14.4 Å². The van der Waals surface area contributed by atoms with Crippen molar-refractivity contribution in [2.24, 2.45) is 7.05 Å². The number of hydrogen-bond donors (Lipinski definition) is 1. The first kappa shape index (κ1) is 14.3. The molecule has 1 aliphatic heterocycles. The third-order valence-corrected chi connectivity index (χ3v) is 4.12. The van der Waals surface area contributed by atoms with Crippen molar-refractivity contribution < 1.29 is 9.59 Å². The number of nitrogens with one attached hydrogen (secondary N) is 1. The van der Waals surface area contributed by atoms with Crippen molar-refractivity contribution in [3.63, 3.8) is 0 Å². The molecule has 0 saturated carbocycles. The largest absolute Gasteiger partial charge is 0.352 e. The van der Waals surface area contributed by atoms with Crippen molar-refractivity contribution in [3.05, 3.63) is 68.4 Å². The highest BCUT2D eigenvalue weighted by molar-refractivity contribution is 6.28. The number of carbonyl (C=O) groups excluding carboxylic acids is 2. The summed E-state index contributed by atoms with van der Waals surface area (Å²) in [6, 6.07) is 1.39. The molecule has 0 saturated heterocycles. The molecule has 3 rings (SSSR count). The number of allylic oxidation sites excluding steroid dienone is 4. The molecule has 0 atom stereocenters. The second kappa shape index (κ2) is 4.66. The summed E-state index contributed by atoms with van der Waals surface area (Å²) >= 11 is 0. The molecule has 2 heterocycles. The van der Waals surface area contributed by atoms with Gasteiger partial charge in [-0.2, -0.15) is 0 Å². The summed E-state index contributed by atoms with van der Waals surface area (Å²) in [7, 11) is 1.51. The topological polar surface area (TPSA) is 68.2 Å². The number of carbonyl (C=O) groups is 2. The molecule has 0 aromatic carbocycles. The molecule has 112 valence electrons. The predicted octanol–water partition coefficient (Wildman–Crippen LogP) is 1.78. The lowest BCUT2D eigenvalue weighted by Gasteiger charge is -2.28. The van der Waals surface area contributed by atoms with Gasteiger partial charge in [0.1, 0.15) is 11.4 Å². The van der Waals surface area contributed by atoms with Crippen molar-refractivity contribution in [3.8, 4) is 0 Å². The molecule has 0 unspecified atom stereocenters. The molecule has 0 radical (unpaired) electrons. The van der Waals surface area contributed by atoms with Crippen LogP contribution in [-0.4, -0.2) is 16.1 Å². The van der Waals surface area contributed by atoms with Gasteiger partial charge in [0.05, 0.1) is 11.1 Å². The molecular formula is C17H16N2O3. The maximum absolute atomic E-state index is 12.9. The van der Waals surface area contributed by atoms with Crippen LogP contribution in [-0.2, 0) is 7.05 Å². The average Bonchev–Trinajstić information content (AvgIpc) is 2.47. The Morgan fingerprint density at radius 1 is 1.23 bits per heavy atom. The lowest BCUT2D eigenvalue weighted by atomic mass is 9.81. The highest BCUT2D eigenvalue weighted by Crippen LogP contribution is 2.34. The van der Waals surface area contributed by atoms with Gasteiger partial charge < -0.3 is 9.88 Å². The van der Waals surface area contributed by atoms with E-state index in [9.17, 15) is 14.4 Å². The summed E-state index contributed by atoms with van der Waals surface area (Å²) in [5.41, 5.74) is 2.67. The van der Waals surface area contributed by atoms with Crippen LogP contribution in [0.1, 0.15) is 39.8 Å². The highest BCUT2D eigenvalue weighted by Gasteiger charge is 2.38. The van der Waals surface area contributed by atoms with Crippen LogP contribution in [0.25, 0.3) is 0 Å². The van der Waals surface area contributed by atoms with Crippen LogP contribution in [0, 0.1) is 6.92 Å². The fourth-order valence-corrected chi connectivity index (χ4v) is 3.03. The molecule has 0 amide bonds. The smallest absolute Gasteiger partial charge is 0.251 e. The van der Waals surface area contributed by atoms with Gasteiger partial charge in [-0.25, -0.2) is 0 Å².